The molecular formula is C40H50O9. The summed E-state index contributed by atoms with van der Waals surface area (Å²) in [5, 5.41) is 23.5. The number of fused-ring (bicyclic) bond motifs is 4. The maximum atomic E-state index is 14.8. The van der Waals surface area contributed by atoms with Crippen LogP contribution in [0.3, 0.4) is 0 Å². The van der Waals surface area contributed by atoms with Gasteiger partial charge in [-0.1, -0.05) is 59.6 Å². The number of carbonyl (C=O) groups excluding carboxylic acids is 7. The standard InChI is InChI=1S/C40H50O9/c1-19(2)32-34(45)30(21(4)41)36(47)40(49)37(48)33-35(46)31-26(12-9-13-28(31)44)20(3)38(33,5)29(39(32,40)6)18-24(42)11-8-7-10-22-14-15-23-16-25(43)17-27(22)23/h9,12-13,19-20,22-23,27,29-30,32-33,44,49H,7-8,10-11,14-18H2,1-6H3/t20-,22?,23?,27?,29-,30?,32?,33?,38-,39-,40+/m1/s1. The number of aliphatic hydroxyl groups is 1. The third kappa shape index (κ3) is 4.84. The van der Waals surface area contributed by atoms with Gasteiger partial charge in [0.25, 0.3) is 0 Å². The van der Waals surface area contributed by atoms with E-state index in [1.807, 2.05) is 6.92 Å². The van der Waals surface area contributed by atoms with Crippen LogP contribution in [-0.4, -0.2) is 56.3 Å². The number of phenolic OH excluding ortho intramolecular Hbond substituents is 1. The molecule has 6 unspecified atom stereocenters. The average Bonchev–Trinajstić information content (AvgIpc) is 3.57. The van der Waals surface area contributed by atoms with E-state index < -0.39 is 80.9 Å². The van der Waals surface area contributed by atoms with E-state index >= 15 is 0 Å². The summed E-state index contributed by atoms with van der Waals surface area (Å²) in [6, 6.07) is 4.67. The Morgan fingerprint density at radius 1 is 0.980 bits per heavy atom. The number of phenols is 1. The van der Waals surface area contributed by atoms with Crippen LogP contribution in [-0.2, 0) is 28.8 Å². The SMILES string of the molecule is CC(=O)C1C(=O)C(C(C)C)[C@@]2(C)[C@H](CC(=O)CCCCC3CCC4CC(=O)CC34)[C@]3(C)C(C(=O)c4c(O)cccc4[C@H]3C)C(=O)[C@@]2(O)C1=O. The van der Waals surface area contributed by atoms with Crippen LogP contribution >= 0.6 is 0 Å². The van der Waals surface area contributed by atoms with E-state index in [2.05, 4.69) is 0 Å². The predicted molar refractivity (Wildman–Crippen MR) is 179 cm³/mol. The fourth-order valence-corrected chi connectivity index (χ4v) is 11.8. The van der Waals surface area contributed by atoms with E-state index in [-0.39, 0.29) is 29.9 Å². The van der Waals surface area contributed by atoms with Gasteiger partial charge in [-0.05, 0) is 78.7 Å². The van der Waals surface area contributed by atoms with Crippen LogP contribution in [0.1, 0.15) is 121 Å². The molecule has 0 amide bonds. The highest BCUT2D eigenvalue weighted by Crippen LogP contribution is 2.70. The second-order valence-corrected chi connectivity index (χ2v) is 16.8. The highest BCUT2D eigenvalue weighted by Gasteiger charge is 2.80. The van der Waals surface area contributed by atoms with Gasteiger partial charge in [-0.15, -0.1) is 0 Å². The largest absolute Gasteiger partial charge is 0.507 e. The third-order valence-electron chi connectivity index (χ3n) is 14.2. The Morgan fingerprint density at radius 3 is 2.33 bits per heavy atom. The van der Waals surface area contributed by atoms with Crippen molar-refractivity contribution < 1.29 is 43.8 Å². The zero-order valence-electron chi connectivity index (χ0n) is 29.5. The molecule has 11 atom stereocenters. The third-order valence-corrected chi connectivity index (χ3v) is 14.2. The van der Waals surface area contributed by atoms with Crippen LogP contribution in [0.15, 0.2) is 18.2 Å². The molecule has 1 aromatic carbocycles. The second-order valence-electron chi connectivity index (χ2n) is 16.8. The number of Topliss-reactive ketones (excluding diaryl/α,β-unsaturated/α-hetero) is 7. The molecule has 4 fully saturated rings. The van der Waals surface area contributed by atoms with E-state index in [9.17, 15) is 43.8 Å². The first kappa shape index (κ1) is 35.5. The maximum Gasteiger partial charge on any atom is 0.190 e. The summed E-state index contributed by atoms with van der Waals surface area (Å²) in [5.74, 6) is -9.88. The van der Waals surface area contributed by atoms with Gasteiger partial charge in [0.15, 0.2) is 28.7 Å². The van der Waals surface area contributed by atoms with Crippen molar-refractivity contribution in [3.05, 3.63) is 29.3 Å². The quantitative estimate of drug-likeness (QED) is 0.258. The van der Waals surface area contributed by atoms with Crippen molar-refractivity contribution in [2.24, 2.45) is 58.2 Å². The monoisotopic (exact) mass is 674 g/mol. The van der Waals surface area contributed by atoms with Gasteiger partial charge in [0, 0.05) is 37.0 Å². The Labute approximate surface area is 288 Å². The minimum absolute atomic E-state index is 0.0518. The minimum atomic E-state index is -2.89. The van der Waals surface area contributed by atoms with E-state index in [0.717, 1.165) is 32.6 Å². The molecule has 0 aromatic heterocycles. The van der Waals surface area contributed by atoms with Gasteiger partial charge in [-0.3, -0.25) is 33.6 Å². The molecule has 0 spiro atoms. The molecule has 5 aliphatic rings. The van der Waals surface area contributed by atoms with Crippen molar-refractivity contribution >= 4 is 40.5 Å². The molecule has 1 aromatic rings. The summed E-state index contributed by atoms with van der Waals surface area (Å²) in [6.45, 7) is 9.68. The van der Waals surface area contributed by atoms with Crippen molar-refractivity contribution in [3.8, 4) is 5.75 Å². The maximum absolute atomic E-state index is 14.8. The van der Waals surface area contributed by atoms with Crippen molar-refractivity contribution in [2.45, 2.75) is 111 Å². The zero-order valence-corrected chi connectivity index (χ0v) is 29.5. The first-order valence-electron chi connectivity index (χ1n) is 18.2. The van der Waals surface area contributed by atoms with Gasteiger partial charge in [0.2, 0.25) is 0 Å². The topological polar surface area (TPSA) is 160 Å². The summed E-state index contributed by atoms with van der Waals surface area (Å²) in [4.78, 5) is 96.6. The molecule has 264 valence electrons. The molecule has 4 saturated carbocycles. The second kappa shape index (κ2) is 12.2. The number of ketones is 7. The Balaban J connectivity index is 1.40. The fourth-order valence-electron chi connectivity index (χ4n) is 11.8. The average molecular weight is 675 g/mol. The molecule has 9 heteroatoms. The summed E-state index contributed by atoms with van der Waals surface area (Å²) >= 11 is 0. The summed E-state index contributed by atoms with van der Waals surface area (Å²) < 4.78 is 0. The smallest absolute Gasteiger partial charge is 0.190 e. The van der Waals surface area contributed by atoms with Crippen LogP contribution < -0.4 is 0 Å². The summed E-state index contributed by atoms with van der Waals surface area (Å²) in [6.07, 6.45) is 5.92. The molecule has 49 heavy (non-hydrogen) atoms. The Hall–Kier alpha value is -3.33. The lowest BCUT2D eigenvalue weighted by Gasteiger charge is -2.67. The number of hydrogen-bond acceptors (Lipinski definition) is 9. The lowest BCUT2D eigenvalue weighted by Crippen LogP contribution is -2.80. The van der Waals surface area contributed by atoms with E-state index in [1.54, 1.807) is 32.9 Å². The first-order chi connectivity index (χ1) is 22.9. The molecule has 2 N–H and O–H groups in total. The van der Waals surface area contributed by atoms with Gasteiger partial charge in [0.1, 0.15) is 29.0 Å². The fraction of sp³-hybridized carbons (Fsp3) is 0.675. The van der Waals surface area contributed by atoms with E-state index in [0.29, 0.717) is 48.4 Å². The predicted octanol–water partition coefficient (Wildman–Crippen LogP) is 5.40. The van der Waals surface area contributed by atoms with Crippen LogP contribution in [0.25, 0.3) is 0 Å². The van der Waals surface area contributed by atoms with Crippen molar-refractivity contribution in [2.75, 3.05) is 0 Å². The molecule has 6 rings (SSSR count). The Morgan fingerprint density at radius 2 is 1.67 bits per heavy atom. The van der Waals surface area contributed by atoms with Crippen LogP contribution in [0.5, 0.6) is 5.75 Å². The summed E-state index contributed by atoms with van der Waals surface area (Å²) in [7, 11) is 0. The van der Waals surface area contributed by atoms with Crippen LogP contribution in [0.4, 0.5) is 0 Å². The first-order valence-corrected chi connectivity index (χ1v) is 18.2. The number of benzene rings is 1. The molecule has 9 nitrogen and oxygen atoms in total. The Bertz CT molecular complexity index is 1660. The molecule has 0 aliphatic heterocycles. The normalized spacial score (nSPS) is 39.9. The lowest BCUT2D eigenvalue weighted by atomic mass is 9.34. The number of hydrogen-bond donors (Lipinski definition) is 2. The number of unbranched alkanes of at least 4 members (excludes halogenated alkanes) is 1. The molecule has 0 saturated heterocycles. The number of rotatable bonds is 9. The van der Waals surface area contributed by atoms with Crippen LogP contribution in [0, 0.1) is 58.2 Å². The molecule has 0 bridgehead atoms. The molecule has 5 aliphatic carbocycles. The highest BCUT2D eigenvalue weighted by molar-refractivity contribution is 6.32. The zero-order chi connectivity index (χ0) is 36.0. The van der Waals surface area contributed by atoms with E-state index in [1.165, 1.54) is 13.0 Å². The minimum Gasteiger partial charge on any atom is -0.507 e. The Kier molecular flexibility index (Phi) is 8.81. The van der Waals surface area contributed by atoms with Gasteiger partial charge in [-0.2, -0.15) is 0 Å². The van der Waals surface area contributed by atoms with Crippen LogP contribution in [0.2, 0.25) is 0 Å². The van der Waals surface area contributed by atoms with Gasteiger partial charge in [-0.25, -0.2) is 0 Å². The van der Waals surface area contributed by atoms with Gasteiger partial charge in [0.05, 0.1) is 11.5 Å². The van der Waals surface area contributed by atoms with Crippen molar-refractivity contribution in [3.63, 3.8) is 0 Å². The molecule has 0 radical (unpaired) electrons. The van der Waals surface area contributed by atoms with Gasteiger partial charge < -0.3 is 10.2 Å². The molecular weight excluding hydrogens is 624 g/mol. The highest BCUT2D eigenvalue weighted by atomic mass is 16.3. The van der Waals surface area contributed by atoms with Crippen molar-refractivity contribution in [1.29, 1.82) is 0 Å². The van der Waals surface area contributed by atoms with Gasteiger partial charge >= 0.3 is 0 Å². The summed E-state index contributed by atoms with van der Waals surface area (Å²) in [5.41, 5.74) is -5.58. The van der Waals surface area contributed by atoms with E-state index in [4.69, 9.17) is 0 Å². The number of aromatic hydroxyl groups is 1. The van der Waals surface area contributed by atoms with Crippen molar-refractivity contribution in [1.82, 2.24) is 0 Å². The number of carbonyl (C=O) groups is 7. The molecule has 0 heterocycles. The lowest BCUT2D eigenvalue weighted by molar-refractivity contribution is -0.225.